The molecule has 0 N–H and O–H groups in total. The fourth-order valence-electron chi connectivity index (χ4n) is 2.14. The Hall–Kier alpha value is -0.550. The number of halogens is 2. The normalized spacial score (nSPS) is 16.0. The summed E-state index contributed by atoms with van der Waals surface area (Å²) in [5, 5.41) is 0. The average molecular weight is 391 g/mol. The SMILES string of the molecule is O=C(COc1ccc(Br)cc1Br)N1CCCCCC1. The minimum absolute atomic E-state index is 0.0803. The Morgan fingerprint density at radius 3 is 2.47 bits per heavy atom. The zero-order valence-corrected chi connectivity index (χ0v) is 13.9. The summed E-state index contributed by atoms with van der Waals surface area (Å²) in [5.74, 6) is 0.781. The van der Waals surface area contributed by atoms with Gasteiger partial charge in [-0.05, 0) is 47.0 Å². The van der Waals surface area contributed by atoms with Crippen LogP contribution in [0.15, 0.2) is 27.1 Å². The van der Waals surface area contributed by atoms with Gasteiger partial charge in [0.15, 0.2) is 6.61 Å². The summed E-state index contributed by atoms with van der Waals surface area (Å²) in [7, 11) is 0. The van der Waals surface area contributed by atoms with Gasteiger partial charge in [-0.2, -0.15) is 0 Å². The van der Waals surface area contributed by atoms with Crippen molar-refractivity contribution >= 4 is 37.8 Å². The monoisotopic (exact) mass is 389 g/mol. The van der Waals surface area contributed by atoms with Crippen LogP contribution in [0.4, 0.5) is 0 Å². The van der Waals surface area contributed by atoms with E-state index in [0.717, 1.165) is 34.9 Å². The third kappa shape index (κ3) is 4.49. The molecular weight excluding hydrogens is 374 g/mol. The summed E-state index contributed by atoms with van der Waals surface area (Å²) in [4.78, 5) is 14.0. The Bertz CT molecular complexity index is 443. The molecule has 0 aromatic heterocycles. The average Bonchev–Trinajstić information content (AvgIpc) is 2.66. The topological polar surface area (TPSA) is 29.5 Å². The lowest BCUT2D eigenvalue weighted by Crippen LogP contribution is -2.35. The van der Waals surface area contributed by atoms with Gasteiger partial charge in [-0.3, -0.25) is 4.79 Å². The first-order valence-corrected chi connectivity index (χ1v) is 8.11. The van der Waals surface area contributed by atoms with Crippen LogP contribution in [0, 0.1) is 0 Å². The Kier molecular flexibility index (Phi) is 5.70. The molecule has 0 spiro atoms. The van der Waals surface area contributed by atoms with Crippen molar-refractivity contribution < 1.29 is 9.53 Å². The van der Waals surface area contributed by atoms with Crippen LogP contribution in [0.1, 0.15) is 25.7 Å². The van der Waals surface area contributed by atoms with Crippen molar-refractivity contribution in [3.05, 3.63) is 27.1 Å². The molecule has 1 aliphatic rings. The van der Waals surface area contributed by atoms with E-state index in [1.54, 1.807) is 0 Å². The van der Waals surface area contributed by atoms with Gasteiger partial charge in [0.05, 0.1) is 4.47 Å². The van der Waals surface area contributed by atoms with Gasteiger partial charge in [-0.15, -0.1) is 0 Å². The Morgan fingerprint density at radius 1 is 1.16 bits per heavy atom. The zero-order chi connectivity index (χ0) is 13.7. The largest absolute Gasteiger partial charge is 0.483 e. The number of likely N-dealkylation sites (tertiary alicyclic amines) is 1. The smallest absolute Gasteiger partial charge is 0.260 e. The van der Waals surface area contributed by atoms with Gasteiger partial charge in [-0.1, -0.05) is 28.8 Å². The van der Waals surface area contributed by atoms with Crippen LogP contribution >= 0.6 is 31.9 Å². The van der Waals surface area contributed by atoms with Gasteiger partial charge in [0.2, 0.25) is 0 Å². The molecule has 2 rings (SSSR count). The second-order valence-electron chi connectivity index (χ2n) is 4.66. The van der Waals surface area contributed by atoms with E-state index in [2.05, 4.69) is 31.9 Å². The molecule has 1 aromatic rings. The maximum atomic E-state index is 12.1. The van der Waals surface area contributed by atoms with E-state index in [1.165, 1.54) is 12.8 Å². The van der Waals surface area contributed by atoms with Gasteiger partial charge < -0.3 is 9.64 Å². The fraction of sp³-hybridized carbons (Fsp3) is 0.500. The number of benzene rings is 1. The first-order chi connectivity index (χ1) is 9.16. The molecule has 1 aromatic carbocycles. The summed E-state index contributed by atoms with van der Waals surface area (Å²) < 4.78 is 7.42. The molecule has 1 fully saturated rings. The number of hydrogen-bond acceptors (Lipinski definition) is 2. The third-order valence-corrected chi connectivity index (χ3v) is 4.32. The van der Waals surface area contributed by atoms with Crippen LogP contribution in [-0.2, 0) is 4.79 Å². The molecule has 0 bridgehead atoms. The molecule has 1 saturated heterocycles. The summed E-state index contributed by atoms with van der Waals surface area (Å²) in [6, 6.07) is 5.66. The van der Waals surface area contributed by atoms with E-state index in [4.69, 9.17) is 4.74 Å². The number of carbonyl (C=O) groups is 1. The van der Waals surface area contributed by atoms with Crippen molar-refractivity contribution in [3.63, 3.8) is 0 Å². The predicted molar refractivity (Wildman–Crippen MR) is 82.4 cm³/mol. The molecule has 5 heteroatoms. The molecule has 0 atom stereocenters. The van der Waals surface area contributed by atoms with Crippen LogP contribution in [0.5, 0.6) is 5.75 Å². The number of ether oxygens (including phenoxy) is 1. The highest BCUT2D eigenvalue weighted by atomic mass is 79.9. The van der Waals surface area contributed by atoms with E-state index >= 15 is 0 Å². The number of hydrogen-bond donors (Lipinski definition) is 0. The summed E-state index contributed by atoms with van der Waals surface area (Å²) >= 11 is 6.81. The van der Waals surface area contributed by atoms with E-state index in [1.807, 2.05) is 23.1 Å². The maximum absolute atomic E-state index is 12.1. The number of amides is 1. The molecule has 19 heavy (non-hydrogen) atoms. The van der Waals surface area contributed by atoms with Crippen molar-refractivity contribution in [2.24, 2.45) is 0 Å². The summed E-state index contributed by atoms with van der Waals surface area (Å²) in [5.41, 5.74) is 0. The Morgan fingerprint density at radius 2 is 1.84 bits per heavy atom. The minimum atomic E-state index is 0.0803. The standard InChI is InChI=1S/C14H17Br2NO2/c15-11-5-6-13(12(16)9-11)19-10-14(18)17-7-3-1-2-4-8-17/h5-6,9H,1-4,7-8,10H2. The highest BCUT2D eigenvalue weighted by molar-refractivity contribution is 9.11. The van der Waals surface area contributed by atoms with Gasteiger partial charge in [0.1, 0.15) is 5.75 Å². The molecule has 0 aliphatic carbocycles. The van der Waals surface area contributed by atoms with Crippen molar-refractivity contribution in [1.29, 1.82) is 0 Å². The number of carbonyl (C=O) groups excluding carboxylic acids is 1. The second-order valence-corrected chi connectivity index (χ2v) is 6.43. The van der Waals surface area contributed by atoms with Gasteiger partial charge in [0.25, 0.3) is 5.91 Å². The van der Waals surface area contributed by atoms with Crippen LogP contribution in [0.25, 0.3) is 0 Å². The van der Waals surface area contributed by atoms with Crippen LogP contribution < -0.4 is 4.74 Å². The quantitative estimate of drug-likeness (QED) is 0.780. The summed E-state index contributed by atoms with van der Waals surface area (Å²) in [6.07, 6.45) is 4.66. The molecule has 0 saturated carbocycles. The number of nitrogens with zero attached hydrogens (tertiary/aromatic N) is 1. The lowest BCUT2D eigenvalue weighted by molar-refractivity contribution is -0.133. The molecule has 104 valence electrons. The lowest BCUT2D eigenvalue weighted by atomic mass is 10.2. The highest BCUT2D eigenvalue weighted by Crippen LogP contribution is 2.28. The van der Waals surface area contributed by atoms with E-state index in [9.17, 15) is 4.79 Å². The summed E-state index contributed by atoms with van der Waals surface area (Å²) in [6.45, 7) is 1.84. The molecule has 1 heterocycles. The van der Waals surface area contributed by atoms with Crippen molar-refractivity contribution in [2.45, 2.75) is 25.7 Å². The van der Waals surface area contributed by atoms with Gasteiger partial charge in [-0.25, -0.2) is 0 Å². The zero-order valence-electron chi connectivity index (χ0n) is 10.7. The first kappa shape index (κ1) is 14.9. The fourth-order valence-corrected chi connectivity index (χ4v) is 3.30. The van der Waals surface area contributed by atoms with Gasteiger partial charge >= 0.3 is 0 Å². The van der Waals surface area contributed by atoms with Crippen molar-refractivity contribution in [2.75, 3.05) is 19.7 Å². The lowest BCUT2D eigenvalue weighted by Gasteiger charge is -2.20. The predicted octanol–water partition coefficient (Wildman–Crippen LogP) is 3.99. The third-order valence-electron chi connectivity index (χ3n) is 3.20. The Labute approximate surface area is 130 Å². The van der Waals surface area contributed by atoms with Gasteiger partial charge in [0, 0.05) is 17.6 Å². The second kappa shape index (κ2) is 7.29. The minimum Gasteiger partial charge on any atom is -0.483 e. The van der Waals surface area contributed by atoms with Crippen molar-refractivity contribution in [3.8, 4) is 5.75 Å². The molecule has 0 unspecified atom stereocenters. The Balaban J connectivity index is 1.88. The van der Waals surface area contributed by atoms with Crippen molar-refractivity contribution in [1.82, 2.24) is 4.90 Å². The van der Waals surface area contributed by atoms with Crippen LogP contribution in [-0.4, -0.2) is 30.5 Å². The first-order valence-electron chi connectivity index (χ1n) is 6.52. The van der Waals surface area contributed by atoms with E-state index in [0.29, 0.717) is 5.75 Å². The van der Waals surface area contributed by atoms with E-state index in [-0.39, 0.29) is 12.5 Å². The maximum Gasteiger partial charge on any atom is 0.260 e. The van der Waals surface area contributed by atoms with Crippen LogP contribution in [0.3, 0.4) is 0 Å². The molecule has 1 amide bonds. The van der Waals surface area contributed by atoms with E-state index < -0.39 is 0 Å². The molecule has 0 radical (unpaired) electrons. The highest BCUT2D eigenvalue weighted by Gasteiger charge is 2.16. The molecular formula is C14H17Br2NO2. The molecule has 3 nitrogen and oxygen atoms in total. The molecule has 1 aliphatic heterocycles. The number of rotatable bonds is 3. The van der Waals surface area contributed by atoms with Crippen LogP contribution in [0.2, 0.25) is 0 Å².